The van der Waals surface area contributed by atoms with E-state index in [0.29, 0.717) is 18.5 Å². The molecule has 0 aromatic heterocycles. The zero-order chi connectivity index (χ0) is 12.3. The second-order valence-electron chi connectivity index (χ2n) is 3.89. The molecule has 4 heteroatoms. The maximum atomic E-state index is 13.2. The number of carbonyl (C=O) groups is 1. The van der Waals surface area contributed by atoms with Gasteiger partial charge in [0.25, 0.3) is 0 Å². The molecule has 2 rings (SSSR count). The summed E-state index contributed by atoms with van der Waals surface area (Å²) in [6, 6.07) is 6.26. The van der Waals surface area contributed by atoms with Crippen LogP contribution in [0.25, 0.3) is 5.57 Å². The normalized spacial score (nSPS) is 15.9. The van der Waals surface area contributed by atoms with Crippen molar-refractivity contribution in [3.05, 3.63) is 41.2 Å². The van der Waals surface area contributed by atoms with Crippen LogP contribution in [0.2, 0.25) is 0 Å². The SMILES string of the molecule is COC(=O)C1=C(c2cccc(F)c2)CNCC1. The van der Waals surface area contributed by atoms with Crippen LogP contribution < -0.4 is 5.32 Å². The fourth-order valence-corrected chi connectivity index (χ4v) is 1.99. The maximum Gasteiger partial charge on any atom is 0.334 e. The summed E-state index contributed by atoms with van der Waals surface area (Å²) in [7, 11) is 1.36. The van der Waals surface area contributed by atoms with E-state index in [1.165, 1.54) is 19.2 Å². The lowest BCUT2D eigenvalue weighted by Crippen LogP contribution is -2.27. The molecule has 0 fully saturated rings. The second-order valence-corrected chi connectivity index (χ2v) is 3.89. The molecule has 0 radical (unpaired) electrons. The molecular weight excluding hydrogens is 221 g/mol. The van der Waals surface area contributed by atoms with Gasteiger partial charge >= 0.3 is 5.97 Å². The Morgan fingerprint density at radius 1 is 1.47 bits per heavy atom. The topological polar surface area (TPSA) is 38.3 Å². The van der Waals surface area contributed by atoms with E-state index in [-0.39, 0.29) is 11.8 Å². The maximum absolute atomic E-state index is 13.2. The molecule has 17 heavy (non-hydrogen) atoms. The van der Waals surface area contributed by atoms with Crippen molar-refractivity contribution in [2.75, 3.05) is 20.2 Å². The fourth-order valence-electron chi connectivity index (χ4n) is 1.99. The van der Waals surface area contributed by atoms with Gasteiger partial charge in [-0.2, -0.15) is 0 Å². The average molecular weight is 235 g/mol. The first-order valence-electron chi connectivity index (χ1n) is 5.49. The van der Waals surface area contributed by atoms with Crippen molar-refractivity contribution >= 4 is 11.5 Å². The highest BCUT2D eigenvalue weighted by Crippen LogP contribution is 2.24. The van der Waals surface area contributed by atoms with Crippen molar-refractivity contribution in [2.24, 2.45) is 0 Å². The van der Waals surface area contributed by atoms with Gasteiger partial charge in [-0.15, -0.1) is 0 Å². The third kappa shape index (κ3) is 2.53. The molecule has 0 aliphatic carbocycles. The van der Waals surface area contributed by atoms with Crippen LogP contribution >= 0.6 is 0 Å². The van der Waals surface area contributed by atoms with Crippen LogP contribution in [-0.4, -0.2) is 26.2 Å². The third-order valence-electron chi connectivity index (χ3n) is 2.82. The molecule has 0 bridgehead atoms. The lowest BCUT2D eigenvalue weighted by Gasteiger charge is -2.20. The molecule has 1 heterocycles. The number of methoxy groups -OCH3 is 1. The van der Waals surface area contributed by atoms with E-state index in [2.05, 4.69) is 5.32 Å². The third-order valence-corrected chi connectivity index (χ3v) is 2.82. The van der Waals surface area contributed by atoms with Gasteiger partial charge in [0.1, 0.15) is 5.82 Å². The summed E-state index contributed by atoms with van der Waals surface area (Å²) in [4.78, 5) is 11.6. The number of benzene rings is 1. The molecule has 1 aromatic carbocycles. The first-order chi connectivity index (χ1) is 8.22. The van der Waals surface area contributed by atoms with Crippen molar-refractivity contribution in [2.45, 2.75) is 6.42 Å². The summed E-state index contributed by atoms with van der Waals surface area (Å²) in [6.45, 7) is 1.30. The van der Waals surface area contributed by atoms with Crippen LogP contribution in [0.5, 0.6) is 0 Å². The standard InChI is InChI=1S/C13H14FNO2/c1-17-13(16)11-5-6-15-8-12(11)9-3-2-4-10(14)7-9/h2-4,7,15H,5-6,8H2,1H3. The molecule has 0 saturated heterocycles. The number of esters is 1. The molecule has 90 valence electrons. The van der Waals surface area contributed by atoms with Crippen LogP contribution in [-0.2, 0) is 9.53 Å². The zero-order valence-corrected chi connectivity index (χ0v) is 9.63. The van der Waals surface area contributed by atoms with Crippen molar-refractivity contribution in [1.82, 2.24) is 5.32 Å². The minimum absolute atomic E-state index is 0.301. The summed E-state index contributed by atoms with van der Waals surface area (Å²) < 4.78 is 17.9. The van der Waals surface area contributed by atoms with E-state index < -0.39 is 0 Å². The highest BCUT2D eigenvalue weighted by molar-refractivity contribution is 5.98. The number of hydrogen-bond acceptors (Lipinski definition) is 3. The molecule has 1 N–H and O–H groups in total. The molecule has 0 amide bonds. The Morgan fingerprint density at radius 3 is 3.00 bits per heavy atom. The van der Waals surface area contributed by atoms with Crippen LogP contribution in [0.3, 0.4) is 0 Å². The van der Waals surface area contributed by atoms with Gasteiger partial charge in [0.2, 0.25) is 0 Å². The van der Waals surface area contributed by atoms with E-state index in [4.69, 9.17) is 4.74 Å². The Morgan fingerprint density at radius 2 is 2.29 bits per heavy atom. The predicted octanol–water partition coefficient (Wildman–Crippen LogP) is 1.75. The zero-order valence-electron chi connectivity index (χ0n) is 9.63. The Bertz CT molecular complexity index is 468. The summed E-state index contributed by atoms with van der Waals surface area (Å²) in [5.41, 5.74) is 2.19. The van der Waals surface area contributed by atoms with Crippen LogP contribution in [0, 0.1) is 5.82 Å². The number of hydrogen-bond donors (Lipinski definition) is 1. The number of halogens is 1. The number of rotatable bonds is 2. The fraction of sp³-hybridized carbons (Fsp3) is 0.308. The van der Waals surface area contributed by atoms with Gasteiger partial charge in [-0.25, -0.2) is 9.18 Å². The molecule has 1 aliphatic rings. The number of ether oxygens (including phenoxy) is 1. The number of carbonyl (C=O) groups excluding carboxylic acids is 1. The lowest BCUT2D eigenvalue weighted by molar-refractivity contribution is -0.136. The molecule has 1 aliphatic heterocycles. The second kappa shape index (κ2) is 5.10. The lowest BCUT2D eigenvalue weighted by atomic mass is 9.95. The Labute approximate surface area is 99.3 Å². The van der Waals surface area contributed by atoms with Gasteiger partial charge in [-0.05, 0) is 36.2 Å². The molecule has 0 spiro atoms. The van der Waals surface area contributed by atoms with E-state index in [1.54, 1.807) is 12.1 Å². The van der Waals surface area contributed by atoms with Crippen molar-refractivity contribution in [3.63, 3.8) is 0 Å². The van der Waals surface area contributed by atoms with E-state index in [9.17, 15) is 9.18 Å². The molecule has 3 nitrogen and oxygen atoms in total. The number of nitrogens with one attached hydrogen (secondary N) is 1. The largest absolute Gasteiger partial charge is 0.466 e. The Kier molecular flexibility index (Phi) is 3.54. The minimum Gasteiger partial charge on any atom is -0.466 e. The Hall–Kier alpha value is -1.68. The highest BCUT2D eigenvalue weighted by atomic mass is 19.1. The molecule has 0 saturated carbocycles. The summed E-state index contributed by atoms with van der Waals surface area (Å²) in [5, 5.41) is 3.17. The van der Waals surface area contributed by atoms with Gasteiger partial charge in [0.05, 0.1) is 7.11 Å². The molecule has 1 aromatic rings. The predicted molar refractivity (Wildman–Crippen MR) is 62.8 cm³/mol. The first kappa shape index (κ1) is 11.8. The van der Waals surface area contributed by atoms with Crippen molar-refractivity contribution < 1.29 is 13.9 Å². The van der Waals surface area contributed by atoms with Crippen LogP contribution in [0.15, 0.2) is 29.8 Å². The van der Waals surface area contributed by atoms with Gasteiger partial charge in [-0.1, -0.05) is 12.1 Å². The molecule has 0 unspecified atom stereocenters. The first-order valence-corrected chi connectivity index (χ1v) is 5.49. The summed E-state index contributed by atoms with van der Waals surface area (Å²) in [5.74, 6) is -0.629. The average Bonchev–Trinajstić information content (AvgIpc) is 2.38. The van der Waals surface area contributed by atoms with Gasteiger partial charge in [0, 0.05) is 12.1 Å². The van der Waals surface area contributed by atoms with Crippen LogP contribution in [0.1, 0.15) is 12.0 Å². The monoisotopic (exact) mass is 235 g/mol. The summed E-state index contributed by atoms with van der Waals surface area (Å²) in [6.07, 6.45) is 0.610. The van der Waals surface area contributed by atoms with Gasteiger partial charge in [0.15, 0.2) is 0 Å². The van der Waals surface area contributed by atoms with E-state index in [0.717, 1.165) is 17.7 Å². The van der Waals surface area contributed by atoms with Crippen molar-refractivity contribution in [1.29, 1.82) is 0 Å². The molecule has 0 atom stereocenters. The van der Waals surface area contributed by atoms with Crippen molar-refractivity contribution in [3.8, 4) is 0 Å². The molecular formula is C13H14FNO2. The van der Waals surface area contributed by atoms with E-state index in [1.807, 2.05) is 0 Å². The van der Waals surface area contributed by atoms with Gasteiger partial charge in [-0.3, -0.25) is 0 Å². The van der Waals surface area contributed by atoms with E-state index >= 15 is 0 Å². The summed E-state index contributed by atoms with van der Waals surface area (Å²) >= 11 is 0. The minimum atomic E-state index is -0.328. The van der Waals surface area contributed by atoms with Gasteiger partial charge < -0.3 is 10.1 Å². The smallest absolute Gasteiger partial charge is 0.334 e. The highest BCUT2D eigenvalue weighted by Gasteiger charge is 2.20. The van der Waals surface area contributed by atoms with Crippen LogP contribution in [0.4, 0.5) is 4.39 Å². The quantitative estimate of drug-likeness (QED) is 0.794. The Balaban J connectivity index is 2.45.